The van der Waals surface area contributed by atoms with Gasteiger partial charge in [-0.15, -0.1) is 0 Å². The van der Waals surface area contributed by atoms with E-state index in [1.165, 1.54) is 0 Å². The van der Waals surface area contributed by atoms with Crippen LogP contribution in [0.15, 0.2) is 28.7 Å². The Labute approximate surface area is 120 Å². The van der Waals surface area contributed by atoms with E-state index in [0.29, 0.717) is 23.4 Å². The van der Waals surface area contributed by atoms with Gasteiger partial charge in [-0.2, -0.15) is 0 Å². The lowest BCUT2D eigenvalue weighted by Gasteiger charge is -2.06. The monoisotopic (exact) mass is 319 g/mol. The Bertz CT molecular complexity index is 597. The largest absolute Gasteiger partial charge is 0.473 e. The molecule has 0 aromatic carbocycles. The molecular weight excluding hydrogens is 309 g/mol. The molecule has 0 N–H and O–H groups in total. The molecule has 0 aliphatic carbocycles. The van der Waals surface area contributed by atoms with Gasteiger partial charge in [0.2, 0.25) is 0 Å². The number of halogens is 1. The van der Waals surface area contributed by atoms with Gasteiger partial charge in [-0.1, -0.05) is 15.9 Å². The van der Waals surface area contributed by atoms with Gasteiger partial charge >= 0.3 is 5.97 Å². The molecule has 4 nitrogen and oxygen atoms in total. The lowest BCUT2D eigenvalue weighted by Crippen LogP contribution is -2.08. The number of aromatic nitrogens is 1. The first kappa shape index (κ1) is 13.9. The van der Waals surface area contributed by atoms with Crippen molar-refractivity contribution in [3.8, 4) is 11.3 Å². The van der Waals surface area contributed by atoms with Crippen molar-refractivity contribution in [1.82, 2.24) is 4.98 Å². The smallest absolute Gasteiger partial charge is 0.356 e. The van der Waals surface area contributed by atoms with Crippen molar-refractivity contribution in [3.63, 3.8) is 0 Å². The molecule has 0 fully saturated rings. The van der Waals surface area contributed by atoms with E-state index in [1.54, 1.807) is 25.1 Å². The minimum atomic E-state index is -0.453. The first-order chi connectivity index (χ1) is 9.13. The van der Waals surface area contributed by atoms with Crippen molar-refractivity contribution >= 4 is 35.4 Å². The number of rotatable bonds is 4. The normalized spacial score (nSPS) is 10.4. The molecule has 0 aliphatic rings. The highest BCUT2D eigenvalue weighted by atomic mass is 79.9. The van der Waals surface area contributed by atoms with Gasteiger partial charge in [-0.25, -0.2) is 9.78 Å². The molecule has 96 valence electrons. The van der Waals surface area contributed by atoms with E-state index in [2.05, 4.69) is 20.9 Å². The van der Waals surface area contributed by atoms with E-state index in [9.17, 15) is 4.79 Å². The zero-order valence-electron chi connectivity index (χ0n) is 10.4. The molecule has 0 atom stereocenters. The number of hydrogen-bond donors (Lipinski definition) is 0. The van der Waals surface area contributed by atoms with Gasteiger partial charge in [0.1, 0.15) is 11.5 Å². The van der Waals surface area contributed by atoms with E-state index in [1.807, 2.05) is 6.07 Å². The van der Waals surface area contributed by atoms with Crippen molar-refractivity contribution in [1.29, 1.82) is 0 Å². The molecule has 19 heavy (non-hydrogen) atoms. The first-order valence-electron chi connectivity index (χ1n) is 5.73. The molecule has 6 heteroatoms. The molecule has 0 amide bonds. The van der Waals surface area contributed by atoms with Crippen LogP contribution in [0, 0.1) is 0 Å². The highest BCUT2D eigenvalue weighted by Crippen LogP contribution is 2.22. The molecule has 2 heterocycles. The summed E-state index contributed by atoms with van der Waals surface area (Å²) in [6, 6.07) is 6.86. The molecule has 2 rings (SSSR count). The number of ether oxygens (including phenoxy) is 1. The van der Waals surface area contributed by atoms with Crippen molar-refractivity contribution < 1.29 is 13.9 Å². The lowest BCUT2D eigenvalue weighted by molar-refractivity contribution is 0.0519. The molecule has 0 spiro atoms. The Morgan fingerprint density at radius 3 is 2.84 bits per heavy atom. The summed E-state index contributed by atoms with van der Waals surface area (Å²) in [6.45, 7) is 2.06. The highest BCUT2D eigenvalue weighted by Gasteiger charge is 2.13. The summed E-state index contributed by atoms with van der Waals surface area (Å²) >= 11 is 3.32. The van der Waals surface area contributed by atoms with E-state index >= 15 is 0 Å². The van der Waals surface area contributed by atoms with Crippen molar-refractivity contribution in [2.45, 2.75) is 12.3 Å². The Hall–Kier alpha value is -1.56. The minimum Gasteiger partial charge on any atom is -0.473 e. The van der Waals surface area contributed by atoms with E-state index in [0.717, 1.165) is 11.3 Å². The molecule has 0 bridgehead atoms. The van der Waals surface area contributed by atoms with Gasteiger partial charge in [-0.3, -0.25) is 0 Å². The molecule has 0 saturated carbocycles. The number of furan rings is 1. The van der Waals surface area contributed by atoms with Crippen LogP contribution in [0.5, 0.6) is 0 Å². The summed E-state index contributed by atoms with van der Waals surface area (Å²) < 4.78 is 10.3. The van der Waals surface area contributed by atoms with Crippen LogP contribution in [-0.2, 0) is 10.1 Å². The van der Waals surface area contributed by atoms with Crippen LogP contribution in [0.25, 0.3) is 11.3 Å². The zero-order valence-corrected chi connectivity index (χ0v) is 11.9. The van der Waals surface area contributed by atoms with Crippen LogP contribution in [0.2, 0.25) is 0 Å². The quantitative estimate of drug-likeness (QED) is 0.492. The predicted molar refractivity (Wildman–Crippen MR) is 75.9 cm³/mol. The fourth-order valence-electron chi connectivity index (χ4n) is 1.62. The number of carbonyl (C=O) groups is 1. The third-order valence-corrected chi connectivity index (χ3v) is 2.99. The van der Waals surface area contributed by atoms with Crippen molar-refractivity contribution in [2.24, 2.45) is 0 Å². The minimum absolute atomic E-state index is 0.253. The Morgan fingerprint density at radius 2 is 2.26 bits per heavy atom. The SMILES string of the molecule is [B]c1ccc(-c2cc(CBr)nc(C(=O)OCC)c2)o1. The number of hydrogen-bond acceptors (Lipinski definition) is 4. The van der Waals surface area contributed by atoms with E-state index in [-0.39, 0.29) is 5.69 Å². The molecule has 0 aliphatic heterocycles. The van der Waals surface area contributed by atoms with Gasteiger partial charge < -0.3 is 9.15 Å². The second-order valence-electron chi connectivity index (χ2n) is 3.79. The second kappa shape index (κ2) is 6.06. The van der Waals surface area contributed by atoms with Crippen LogP contribution in [0.3, 0.4) is 0 Å². The summed E-state index contributed by atoms with van der Waals surface area (Å²) in [5, 5.41) is 0.531. The van der Waals surface area contributed by atoms with Crippen LogP contribution in [-0.4, -0.2) is 25.4 Å². The molecule has 2 aromatic heterocycles. The molecule has 2 aromatic rings. The van der Waals surface area contributed by atoms with E-state index in [4.69, 9.17) is 17.0 Å². The fourth-order valence-corrected chi connectivity index (χ4v) is 1.90. The number of esters is 1. The zero-order chi connectivity index (χ0) is 13.8. The van der Waals surface area contributed by atoms with Gasteiger partial charge in [0, 0.05) is 16.6 Å². The topological polar surface area (TPSA) is 52.3 Å². The maximum absolute atomic E-state index is 11.7. The molecule has 0 saturated heterocycles. The van der Waals surface area contributed by atoms with Gasteiger partial charge in [0.25, 0.3) is 0 Å². The lowest BCUT2D eigenvalue weighted by atomic mass is 10.1. The summed E-state index contributed by atoms with van der Waals surface area (Å²) in [4.78, 5) is 16.0. The van der Waals surface area contributed by atoms with Crippen molar-refractivity contribution in [3.05, 3.63) is 35.7 Å². The number of carbonyl (C=O) groups excluding carboxylic acids is 1. The van der Waals surface area contributed by atoms with Crippen LogP contribution in [0.1, 0.15) is 23.1 Å². The van der Waals surface area contributed by atoms with Crippen LogP contribution in [0.4, 0.5) is 0 Å². The van der Waals surface area contributed by atoms with Gasteiger partial charge in [0.15, 0.2) is 7.85 Å². The third kappa shape index (κ3) is 3.26. The highest BCUT2D eigenvalue weighted by molar-refractivity contribution is 9.08. The standard InChI is InChI=1S/C13H11BBrNO3/c1-2-18-13(17)10-6-8(5-9(7-15)16-10)11-3-4-12(14)19-11/h3-6H,2,7H2,1H3. The number of pyridine rings is 1. The predicted octanol–water partition coefficient (Wildman–Crippen LogP) is 2.21. The average Bonchev–Trinajstić information content (AvgIpc) is 2.85. The Morgan fingerprint density at radius 1 is 1.47 bits per heavy atom. The van der Waals surface area contributed by atoms with Crippen LogP contribution >= 0.6 is 15.9 Å². The second-order valence-corrected chi connectivity index (χ2v) is 4.35. The van der Waals surface area contributed by atoms with Crippen molar-refractivity contribution in [2.75, 3.05) is 6.61 Å². The average molecular weight is 320 g/mol. The number of nitrogens with zero attached hydrogens (tertiary/aromatic N) is 1. The summed E-state index contributed by atoms with van der Waals surface area (Å²) in [5.74, 6) is 0.138. The summed E-state index contributed by atoms with van der Waals surface area (Å²) in [7, 11) is 5.55. The molecular formula is C13H11BBrNO3. The van der Waals surface area contributed by atoms with E-state index < -0.39 is 5.97 Å². The fraction of sp³-hybridized carbons (Fsp3) is 0.231. The Balaban J connectivity index is 2.44. The summed E-state index contributed by atoms with van der Waals surface area (Å²) in [6.07, 6.45) is 0. The maximum atomic E-state index is 11.7. The Kier molecular flexibility index (Phi) is 4.42. The maximum Gasteiger partial charge on any atom is 0.356 e. The third-order valence-electron chi connectivity index (χ3n) is 2.41. The van der Waals surface area contributed by atoms with Gasteiger partial charge in [-0.05, 0) is 31.2 Å². The van der Waals surface area contributed by atoms with Crippen LogP contribution < -0.4 is 5.66 Å². The molecule has 0 unspecified atom stereocenters. The molecule has 2 radical (unpaired) electrons. The first-order valence-corrected chi connectivity index (χ1v) is 6.86. The van der Waals surface area contributed by atoms with Gasteiger partial charge in [0.05, 0.1) is 12.3 Å². The number of alkyl halides is 1. The summed E-state index contributed by atoms with van der Waals surface area (Å²) in [5.41, 5.74) is 2.04.